The third-order valence-corrected chi connectivity index (χ3v) is 2.92. The van der Waals surface area contributed by atoms with Crippen molar-refractivity contribution >= 4 is 0 Å². The second-order valence-electron chi connectivity index (χ2n) is 4.19. The average Bonchev–Trinajstić information content (AvgIpc) is 2.87. The van der Waals surface area contributed by atoms with Crippen molar-refractivity contribution in [3.8, 4) is 5.75 Å². The number of rotatable bonds is 5. The van der Waals surface area contributed by atoms with E-state index in [1.807, 2.05) is 28.8 Å². The van der Waals surface area contributed by atoms with Gasteiger partial charge < -0.3 is 14.4 Å². The topological polar surface area (TPSA) is 47.3 Å². The van der Waals surface area contributed by atoms with E-state index in [0.29, 0.717) is 0 Å². The van der Waals surface area contributed by atoms with Gasteiger partial charge >= 0.3 is 0 Å². The van der Waals surface area contributed by atoms with E-state index < -0.39 is 6.10 Å². The summed E-state index contributed by atoms with van der Waals surface area (Å²) in [5, 5.41) is 10.4. The van der Waals surface area contributed by atoms with Gasteiger partial charge in [0.15, 0.2) is 0 Å². The third kappa shape index (κ3) is 2.54. The molecule has 1 aromatic carbocycles. The number of methoxy groups -OCH3 is 1. The fourth-order valence-corrected chi connectivity index (χ4v) is 1.94. The van der Waals surface area contributed by atoms with Gasteiger partial charge in [-0.3, -0.25) is 0 Å². The molecule has 4 heteroatoms. The zero-order valence-electron chi connectivity index (χ0n) is 10.7. The van der Waals surface area contributed by atoms with Crippen molar-refractivity contribution in [1.82, 2.24) is 9.55 Å². The molecule has 0 aliphatic heterocycles. The van der Waals surface area contributed by atoms with Crippen LogP contribution in [0.25, 0.3) is 0 Å². The van der Waals surface area contributed by atoms with Crippen molar-refractivity contribution in [3.05, 3.63) is 48.0 Å². The third-order valence-electron chi connectivity index (χ3n) is 2.92. The Morgan fingerprint density at radius 1 is 1.33 bits per heavy atom. The number of aryl methyl sites for hydroxylation is 1. The fourth-order valence-electron chi connectivity index (χ4n) is 1.94. The summed E-state index contributed by atoms with van der Waals surface area (Å²) in [5.41, 5.74) is 1.66. The average molecular weight is 246 g/mol. The molecular weight excluding hydrogens is 228 g/mol. The molecule has 18 heavy (non-hydrogen) atoms. The summed E-state index contributed by atoms with van der Waals surface area (Å²) in [6.45, 7) is 2.96. The van der Waals surface area contributed by atoms with Crippen LogP contribution < -0.4 is 4.74 Å². The van der Waals surface area contributed by atoms with Gasteiger partial charge in [0.2, 0.25) is 0 Å². The number of benzene rings is 1. The Kier molecular flexibility index (Phi) is 3.99. The van der Waals surface area contributed by atoms with Crippen LogP contribution in [0.5, 0.6) is 5.75 Å². The Hall–Kier alpha value is -1.81. The van der Waals surface area contributed by atoms with Gasteiger partial charge in [0.25, 0.3) is 0 Å². The minimum Gasteiger partial charge on any atom is -0.497 e. The summed E-state index contributed by atoms with van der Waals surface area (Å²) in [4.78, 5) is 4.10. The van der Waals surface area contributed by atoms with Gasteiger partial charge in [-0.05, 0) is 24.1 Å². The van der Waals surface area contributed by atoms with Crippen molar-refractivity contribution in [2.24, 2.45) is 0 Å². The highest BCUT2D eigenvalue weighted by atomic mass is 16.5. The normalized spacial score (nSPS) is 12.4. The van der Waals surface area contributed by atoms with Gasteiger partial charge in [-0.2, -0.15) is 0 Å². The summed E-state index contributed by atoms with van der Waals surface area (Å²) >= 11 is 0. The first-order valence-electron chi connectivity index (χ1n) is 6.08. The lowest BCUT2D eigenvalue weighted by atomic mass is 10.1. The number of hydrogen-bond acceptors (Lipinski definition) is 3. The zero-order chi connectivity index (χ0) is 13.0. The second kappa shape index (κ2) is 5.69. The number of imidazole rings is 1. The van der Waals surface area contributed by atoms with E-state index in [-0.39, 0.29) is 0 Å². The molecule has 0 amide bonds. The molecular formula is C14H18N2O2. The van der Waals surface area contributed by atoms with Gasteiger partial charge in [0.1, 0.15) is 11.9 Å². The van der Waals surface area contributed by atoms with Crippen LogP contribution in [0.2, 0.25) is 0 Å². The largest absolute Gasteiger partial charge is 0.497 e. The molecule has 4 nitrogen and oxygen atoms in total. The predicted octanol–water partition coefficient (Wildman–Crippen LogP) is 2.38. The monoisotopic (exact) mass is 246 g/mol. The molecule has 0 aliphatic rings. The minimum absolute atomic E-state index is 0.648. The van der Waals surface area contributed by atoms with Crippen LogP contribution in [0.15, 0.2) is 36.8 Å². The smallest absolute Gasteiger partial charge is 0.121 e. The van der Waals surface area contributed by atoms with Crippen molar-refractivity contribution in [1.29, 1.82) is 0 Å². The quantitative estimate of drug-likeness (QED) is 0.881. The first-order chi connectivity index (χ1) is 8.76. The minimum atomic E-state index is -0.648. The first-order valence-corrected chi connectivity index (χ1v) is 6.08. The molecule has 0 aliphatic carbocycles. The van der Waals surface area contributed by atoms with Crippen molar-refractivity contribution in [2.75, 3.05) is 7.11 Å². The van der Waals surface area contributed by atoms with Crippen molar-refractivity contribution in [2.45, 2.75) is 26.0 Å². The Labute approximate surface area is 107 Å². The maximum Gasteiger partial charge on any atom is 0.121 e. The van der Waals surface area contributed by atoms with E-state index in [9.17, 15) is 5.11 Å². The van der Waals surface area contributed by atoms with Crippen molar-refractivity contribution in [3.63, 3.8) is 0 Å². The second-order valence-corrected chi connectivity index (χ2v) is 4.19. The Bertz CT molecular complexity index is 491. The van der Waals surface area contributed by atoms with E-state index in [1.54, 1.807) is 19.6 Å². The maximum absolute atomic E-state index is 10.4. The van der Waals surface area contributed by atoms with E-state index in [1.165, 1.54) is 0 Å². The molecule has 1 heterocycles. The summed E-state index contributed by atoms with van der Waals surface area (Å²) in [6.07, 6.45) is 3.83. The first kappa shape index (κ1) is 12.6. The number of aliphatic hydroxyl groups excluding tert-OH is 1. The molecule has 0 spiro atoms. The maximum atomic E-state index is 10.4. The van der Waals surface area contributed by atoms with Gasteiger partial charge in [0, 0.05) is 6.54 Å². The Balaban J connectivity index is 2.23. The molecule has 2 rings (SSSR count). The molecule has 1 atom stereocenters. The molecule has 1 unspecified atom stereocenters. The molecule has 0 saturated heterocycles. The summed E-state index contributed by atoms with van der Waals surface area (Å²) in [6, 6.07) is 7.43. The summed E-state index contributed by atoms with van der Waals surface area (Å²) in [5.74, 6) is 0.785. The van der Waals surface area contributed by atoms with E-state index in [2.05, 4.69) is 11.9 Å². The SMILES string of the molecule is CCCn1cncc1C(O)c1ccc(OC)cc1. The number of aliphatic hydroxyl groups is 1. The Morgan fingerprint density at radius 3 is 2.67 bits per heavy atom. The van der Waals surface area contributed by atoms with E-state index in [4.69, 9.17) is 4.74 Å². The molecule has 1 N–H and O–H groups in total. The van der Waals surface area contributed by atoms with Crippen LogP contribution in [0.4, 0.5) is 0 Å². The van der Waals surface area contributed by atoms with Gasteiger partial charge in [-0.15, -0.1) is 0 Å². The highest BCUT2D eigenvalue weighted by Gasteiger charge is 2.14. The van der Waals surface area contributed by atoms with Gasteiger partial charge in [-0.1, -0.05) is 19.1 Å². The number of ether oxygens (including phenoxy) is 1. The lowest BCUT2D eigenvalue weighted by Gasteiger charge is -2.14. The van der Waals surface area contributed by atoms with Gasteiger partial charge in [-0.25, -0.2) is 4.98 Å². The lowest BCUT2D eigenvalue weighted by molar-refractivity contribution is 0.209. The summed E-state index contributed by atoms with van der Waals surface area (Å²) < 4.78 is 7.08. The van der Waals surface area contributed by atoms with Crippen molar-refractivity contribution < 1.29 is 9.84 Å². The Morgan fingerprint density at radius 2 is 2.06 bits per heavy atom. The highest BCUT2D eigenvalue weighted by molar-refractivity contribution is 5.31. The van der Waals surface area contributed by atoms with Crippen LogP contribution in [-0.2, 0) is 6.54 Å². The molecule has 2 aromatic rings. The van der Waals surface area contributed by atoms with Crippen LogP contribution >= 0.6 is 0 Å². The fraction of sp³-hybridized carbons (Fsp3) is 0.357. The molecule has 0 saturated carbocycles. The predicted molar refractivity (Wildman–Crippen MR) is 69.6 cm³/mol. The number of aromatic nitrogens is 2. The number of nitrogens with zero attached hydrogens (tertiary/aromatic N) is 2. The van der Waals surface area contributed by atoms with Crippen LogP contribution in [0.3, 0.4) is 0 Å². The van der Waals surface area contributed by atoms with E-state index in [0.717, 1.165) is 30.0 Å². The molecule has 0 radical (unpaired) electrons. The van der Waals surface area contributed by atoms with Crippen LogP contribution in [0, 0.1) is 0 Å². The highest BCUT2D eigenvalue weighted by Crippen LogP contribution is 2.23. The summed E-state index contributed by atoms with van der Waals surface area (Å²) in [7, 11) is 1.63. The van der Waals surface area contributed by atoms with Crippen LogP contribution in [0.1, 0.15) is 30.7 Å². The molecule has 1 aromatic heterocycles. The standard InChI is InChI=1S/C14H18N2O2/c1-3-8-16-10-15-9-13(16)14(17)11-4-6-12(18-2)7-5-11/h4-7,9-10,14,17H,3,8H2,1-2H3. The van der Waals surface area contributed by atoms with E-state index >= 15 is 0 Å². The molecule has 96 valence electrons. The number of hydrogen-bond donors (Lipinski definition) is 1. The molecule has 0 fully saturated rings. The van der Waals surface area contributed by atoms with Crippen LogP contribution in [-0.4, -0.2) is 21.8 Å². The molecule has 0 bridgehead atoms. The zero-order valence-corrected chi connectivity index (χ0v) is 10.7. The van der Waals surface area contributed by atoms with Gasteiger partial charge in [0.05, 0.1) is 25.3 Å². The lowest BCUT2D eigenvalue weighted by Crippen LogP contribution is -2.08.